The largest absolute Gasteiger partial charge is 0.369 e. The smallest absolute Gasteiger partial charge is 0.243 e. The molecule has 1 aromatic heterocycles. The molecular weight excluding hydrogens is 295 g/mol. The van der Waals surface area contributed by atoms with Crippen LogP contribution < -0.4 is 4.90 Å². The van der Waals surface area contributed by atoms with Crippen molar-refractivity contribution in [2.75, 3.05) is 31.1 Å². The molecule has 1 aromatic carbocycles. The number of aromatic nitrogens is 2. The zero-order valence-electron chi connectivity index (χ0n) is 13.7. The molecule has 0 saturated carbocycles. The normalized spacial score (nSPS) is 17.4. The highest BCUT2D eigenvalue weighted by Crippen LogP contribution is 2.23. The summed E-state index contributed by atoms with van der Waals surface area (Å²) in [5.41, 5.74) is 1.07. The number of piperazine rings is 1. The summed E-state index contributed by atoms with van der Waals surface area (Å²) in [6.45, 7) is 7.87. The van der Waals surface area contributed by atoms with E-state index in [9.17, 15) is 4.39 Å². The zero-order valence-corrected chi connectivity index (χ0v) is 13.7. The third kappa shape index (κ3) is 3.69. The predicted molar refractivity (Wildman–Crippen MR) is 86.9 cm³/mol. The summed E-state index contributed by atoms with van der Waals surface area (Å²) in [6, 6.07) is 6.83. The molecule has 1 aliphatic heterocycles. The summed E-state index contributed by atoms with van der Waals surface area (Å²) >= 11 is 0. The van der Waals surface area contributed by atoms with Crippen LogP contribution in [-0.2, 0) is 6.42 Å². The maximum atomic E-state index is 13.0. The van der Waals surface area contributed by atoms with Crippen LogP contribution in [0.5, 0.6) is 0 Å². The third-order valence-electron chi connectivity index (χ3n) is 4.37. The average Bonchev–Trinajstić information content (AvgIpc) is 3.04. The van der Waals surface area contributed by atoms with E-state index in [1.807, 2.05) is 12.1 Å². The topological polar surface area (TPSA) is 45.4 Å². The van der Waals surface area contributed by atoms with Gasteiger partial charge < -0.3 is 9.42 Å². The van der Waals surface area contributed by atoms with Gasteiger partial charge in [-0.3, -0.25) is 4.90 Å². The molecule has 124 valence electrons. The molecule has 0 bridgehead atoms. The fraction of sp³-hybridized carbons (Fsp3) is 0.529. The second-order valence-electron chi connectivity index (χ2n) is 5.97. The first-order valence-electron chi connectivity index (χ1n) is 8.24. The maximum Gasteiger partial charge on any atom is 0.243 e. The second-order valence-corrected chi connectivity index (χ2v) is 5.97. The van der Waals surface area contributed by atoms with Gasteiger partial charge in [-0.1, -0.05) is 12.1 Å². The van der Waals surface area contributed by atoms with Gasteiger partial charge in [0.25, 0.3) is 0 Å². The Hall–Kier alpha value is -1.95. The first-order valence-corrected chi connectivity index (χ1v) is 8.24. The highest BCUT2D eigenvalue weighted by Gasteiger charge is 2.25. The molecule has 0 aliphatic carbocycles. The summed E-state index contributed by atoms with van der Waals surface area (Å²) in [4.78, 5) is 9.11. The number of anilines is 1. The molecule has 1 fully saturated rings. The molecule has 0 radical (unpaired) electrons. The van der Waals surface area contributed by atoms with E-state index in [0.29, 0.717) is 5.89 Å². The van der Waals surface area contributed by atoms with Crippen LogP contribution in [0, 0.1) is 5.82 Å². The van der Waals surface area contributed by atoms with Gasteiger partial charge in [-0.15, -0.1) is 0 Å². The fourth-order valence-corrected chi connectivity index (χ4v) is 2.94. The molecular formula is C17H23FN4O. The van der Waals surface area contributed by atoms with E-state index < -0.39 is 0 Å². The molecule has 5 nitrogen and oxygen atoms in total. The van der Waals surface area contributed by atoms with Crippen molar-refractivity contribution in [3.05, 3.63) is 41.8 Å². The molecule has 1 aliphatic rings. The standard InChI is InChI=1S/C17H23FN4O/c1-3-4-16-19-17(23-20-16)13(2)21-9-11-22(12-10-21)15-7-5-14(18)6-8-15/h5-8,13H,3-4,9-12H2,1-2H3. The molecule has 3 rings (SSSR count). The lowest BCUT2D eigenvalue weighted by atomic mass is 10.2. The number of aryl methyl sites for hydroxylation is 1. The lowest BCUT2D eigenvalue weighted by molar-refractivity contribution is 0.164. The van der Waals surface area contributed by atoms with Gasteiger partial charge in [0.05, 0.1) is 6.04 Å². The van der Waals surface area contributed by atoms with Crippen LogP contribution in [0.25, 0.3) is 0 Å². The number of hydrogen-bond acceptors (Lipinski definition) is 5. The van der Waals surface area contributed by atoms with E-state index in [2.05, 4.69) is 33.8 Å². The summed E-state index contributed by atoms with van der Waals surface area (Å²) in [5, 5.41) is 4.03. The van der Waals surface area contributed by atoms with Gasteiger partial charge in [0.1, 0.15) is 5.82 Å². The zero-order chi connectivity index (χ0) is 16.2. The van der Waals surface area contributed by atoms with Gasteiger partial charge >= 0.3 is 0 Å². The highest BCUT2D eigenvalue weighted by atomic mass is 19.1. The molecule has 1 saturated heterocycles. The van der Waals surface area contributed by atoms with E-state index in [4.69, 9.17) is 4.52 Å². The van der Waals surface area contributed by atoms with Crippen LogP contribution in [0.3, 0.4) is 0 Å². The number of rotatable bonds is 5. The van der Waals surface area contributed by atoms with Crippen molar-refractivity contribution in [2.24, 2.45) is 0 Å². The van der Waals surface area contributed by atoms with E-state index >= 15 is 0 Å². The van der Waals surface area contributed by atoms with E-state index in [-0.39, 0.29) is 11.9 Å². The maximum absolute atomic E-state index is 13.0. The Morgan fingerprint density at radius 1 is 1.17 bits per heavy atom. The number of nitrogens with zero attached hydrogens (tertiary/aromatic N) is 4. The molecule has 0 spiro atoms. The fourth-order valence-electron chi connectivity index (χ4n) is 2.94. The first kappa shape index (κ1) is 15.9. The average molecular weight is 318 g/mol. The molecule has 0 N–H and O–H groups in total. The first-order chi connectivity index (χ1) is 11.2. The molecule has 1 unspecified atom stereocenters. The van der Waals surface area contributed by atoms with Crippen LogP contribution in [0.1, 0.15) is 38.0 Å². The summed E-state index contributed by atoms with van der Waals surface area (Å²) in [7, 11) is 0. The lowest BCUT2D eigenvalue weighted by Crippen LogP contribution is -2.47. The molecule has 2 heterocycles. The van der Waals surface area contributed by atoms with Gasteiger partial charge in [0, 0.05) is 38.3 Å². The Morgan fingerprint density at radius 3 is 2.52 bits per heavy atom. The van der Waals surface area contributed by atoms with Crippen molar-refractivity contribution in [1.82, 2.24) is 15.0 Å². The molecule has 0 amide bonds. The van der Waals surface area contributed by atoms with Crippen LogP contribution in [-0.4, -0.2) is 41.2 Å². The number of halogens is 1. The van der Waals surface area contributed by atoms with Gasteiger partial charge in [-0.25, -0.2) is 4.39 Å². The van der Waals surface area contributed by atoms with Gasteiger partial charge in [-0.2, -0.15) is 4.98 Å². The minimum absolute atomic E-state index is 0.128. The van der Waals surface area contributed by atoms with E-state index in [1.165, 1.54) is 12.1 Å². The van der Waals surface area contributed by atoms with Crippen LogP contribution in [0.4, 0.5) is 10.1 Å². The highest BCUT2D eigenvalue weighted by molar-refractivity contribution is 5.46. The second kappa shape index (κ2) is 7.08. The van der Waals surface area contributed by atoms with Gasteiger partial charge in [0.2, 0.25) is 5.89 Å². The monoisotopic (exact) mass is 318 g/mol. The Bertz CT molecular complexity index is 620. The van der Waals surface area contributed by atoms with Crippen molar-refractivity contribution >= 4 is 5.69 Å². The van der Waals surface area contributed by atoms with Crippen molar-refractivity contribution in [1.29, 1.82) is 0 Å². The van der Waals surface area contributed by atoms with Crippen LogP contribution >= 0.6 is 0 Å². The number of benzene rings is 1. The van der Waals surface area contributed by atoms with Gasteiger partial charge in [-0.05, 0) is 37.6 Å². The SMILES string of the molecule is CCCc1noc(C(C)N2CCN(c3ccc(F)cc3)CC2)n1. The van der Waals surface area contributed by atoms with Crippen molar-refractivity contribution in [3.8, 4) is 0 Å². The quantitative estimate of drug-likeness (QED) is 0.848. The summed E-state index contributed by atoms with van der Waals surface area (Å²) in [6.07, 6.45) is 1.87. The van der Waals surface area contributed by atoms with Crippen molar-refractivity contribution in [3.63, 3.8) is 0 Å². The minimum atomic E-state index is -0.194. The Kier molecular flexibility index (Phi) is 4.91. The Morgan fingerprint density at radius 2 is 1.87 bits per heavy atom. The Balaban J connectivity index is 1.58. The van der Waals surface area contributed by atoms with E-state index in [0.717, 1.165) is 50.5 Å². The Labute approximate surface area is 136 Å². The summed E-state index contributed by atoms with van der Waals surface area (Å²) < 4.78 is 18.4. The van der Waals surface area contributed by atoms with Crippen LogP contribution in [0.2, 0.25) is 0 Å². The predicted octanol–water partition coefficient (Wildman–Crippen LogP) is 3.04. The molecule has 2 aromatic rings. The molecule has 1 atom stereocenters. The molecule has 6 heteroatoms. The molecule has 23 heavy (non-hydrogen) atoms. The third-order valence-corrected chi connectivity index (χ3v) is 4.37. The van der Waals surface area contributed by atoms with E-state index in [1.54, 1.807) is 0 Å². The van der Waals surface area contributed by atoms with Crippen molar-refractivity contribution in [2.45, 2.75) is 32.7 Å². The van der Waals surface area contributed by atoms with Crippen molar-refractivity contribution < 1.29 is 8.91 Å². The lowest BCUT2D eigenvalue weighted by Gasteiger charge is -2.38. The van der Waals surface area contributed by atoms with Gasteiger partial charge in [0.15, 0.2) is 5.82 Å². The summed E-state index contributed by atoms with van der Waals surface area (Å²) in [5.74, 6) is 1.29. The minimum Gasteiger partial charge on any atom is -0.369 e. The van der Waals surface area contributed by atoms with Crippen LogP contribution in [0.15, 0.2) is 28.8 Å². The number of hydrogen-bond donors (Lipinski definition) is 0.